The topological polar surface area (TPSA) is 9.23 Å². The van der Waals surface area contributed by atoms with Gasteiger partial charge in [-0.05, 0) is 29.3 Å². The molecule has 0 amide bonds. The van der Waals surface area contributed by atoms with E-state index in [0.29, 0.717) is 21.2 Å². The highest BCUT2D eigenvalue weighted by molar-refractivity contribution is 6.34. The van der Waals surface area contributed by atoms with E-state index in [1.807, 2.05) is 0 Å². The number of benzene rings is 1. The lowest BCUT2D eigenvalue weighted by molar-refractivity contribution is -0.199. The Bertz CT molecular complexity index is 448. The molecule has 2 rings (SSSR count). The molecule has 0 saturated carbocycles. The summed E-state index contributed by atoms with van der Waals surface area (Å²) in [7, 11) is 0. The maximum atomic E-state index is 12.4. The Labute approximate surface area is 106 Å². The Morgan fingerprint density at radius 2 is 1.71 bits per heavy atom. The van der Waals surface area contributed by atoms with Crippen molar-refractivity contribution in [2.24, 2.45) is 0 Å². The van der Waals surface area contributed by atoms with E-state index in [1.165, 1.54) is 6.07 Å². The molecule has 17 heavy (non-hydrogen) atoms. The van der Waals surface area contributed by atoms with Gasteiger partial charge in [-0.15, -0.1) is 0 Å². The van der Waals surface area contributed by atoms with Crippen LogP contribution in [0.1, 0.15) is 12.0 Å². The zero-order chi connectivity index (χ0) is 12.6. The van der Waals surface area contributed by atoms with Crippen molar-refractivity contribution in [3.63, 3.8) is 0 Å². The lowest BCUT2D eigenvalue weighted by atomic mass is 10.0. The van der Waals surface area contributed by atoms with Crippen LogP contribution in [0.25, 0.3) is 5.57 Å². The molecule has 0 aromatic heterocycles. The van der Waals surface area contributed by atoms with Gasteiger partial charge in [-0.25, -0.2) is 0 Å². The first-order chi connectivity index (χ1) is 7.86. The third kappa shape index (κ3) is 2.87. The highest BCUT2D eigenvalue weighted by Crippen LogP contribution is 2.37. The second-order valence-electron chi connectivity index (χ2n) is 3.67. The maximum Gasteiger partial charge on any atom is 0.425 e. The molecule has 1 unspecified atom stereocenters. The summed E-state index contributed by atoms with van der Waals surface area (Å²) in [6, 6.07) is 4.63. The summed E-state index contributed by atoms with van der Waals surface area (Å²) >= 11 is 11.6. The lowest BCUT2D eigenvalue weighted by Crippen LogP contribution is -2.27. The van der Waals surface area contributed by atoms with Crippen molar-refractivity contribution in [2.75, 3.05) is 0 Å². The molecule has 1 atom stereocenters. The van der Waals surface area contributed by atoms with E-state index >= 15 is 0 Å². The number of halogens is 5. The summed E-state index contributed by atoms with van der Waals surface area (Å²) in [5.74, 6) is 0. The minimum absolute atomic E-state index is 0.222. The summed E-state index contributed by atoms with van der Waals surface area (Å²) in [6.07, 6.45) is -5.25. The van der Waals surface area contributed by atoms with Gasteiger partial charge >= 0.3 is 6.18 Å². The molecule has 0 spiro atoms. The summed E-state index contributed by atoms with van der Waals surface area (Å²) in [6.45, 7) is 0. The molecule has 1 aromatic carbocycles. The second kappa shape index (κ2) is 4.42. The third-order valence-corrected chi connectivity index (χ3v) is 2.81. The molecule has 92 valence electrons. The van der Waals surface area contributed by atoms with Gasteiger partial charge in [-0.1, -0.05) is 23.2 Å². The van der Waals surface area contributed by atoms with Gasteiger partial charge < -0.3 is 4.74 Å². The van der Waals surface area contributed by atoms with Gasteiger partial charge in [-0.3, -0.25) is 0 Å². The molecular weight excluding hydrogens is 276 g/mol. The van der Waals surface area contributed by atoms with E-state index in [0.717, 1.165) is 6.26 Å². The van der Waals surface area contributed by atoms with Crippen molar-refractivity contribution >= 4 is 28.8 Å². The van der Waals surface area contributed by atoms with E-state index < -0.39 is 12.3 Å². The number of rotatable bonds is 1. The molecule has 1 aromatic rings. The van der Waals surface area contributed by atoms with Crippen LogP contribution < -0.4 is 0 Å². The molecule has 6 heteroatoms. The van der Waals surface area contributed by atoms with E-state index in [-0.39, 0.29) is 6.42 Å². The average Bonchev–Trinajstić information content (AvgIpc) is 2.63. The van der Waals surface area contributed by atoms with Crippen LogP contribution in [0.15, 0.2) is 24.5 Å². The fourth-order valence-electron chi connectivity index (χ4n) is 1.58. The van der Waals surface area contributed by atoms with E-state index in [9.17, 15) is 13.2 Å². The van der Waals surface area contributed by atoms with Crippen molar-refractivity contribution in [3.8, 4) is 0 Å². The molecule has 1 heterocycles. The van der Waals surface area contributed by atoms with Crippen molar-refractivity contribution < 1.29 is 17.9 Å². The fraction of sp³-hybridized carbons (Fsp3) is 0.273. The molecule has 1 nitrogen and oxygen atoms in total. The van der Waals surface area contributed by atoms with Crippen LogP contribution in [-0.2, 0) is 4.74 Å². The molecule has 1 aliphatic heterocycles. The molecule has 0 bridgehead atoms. The van der Waals surface area contributed by atoms with Crippen LogP contribution in [0.4, 0.5) is 13.2 Å². The first-order valence-electron chi connectivity index (χ1n) is 4.74. The first kappa shape index (κ1) is 12.6. The number of ether oxygens (including phenoxy) is 1. The fourth-order valence-corrected chi connectivity index (χ4v) is 2.10. The van der Waals surface area contributed by atoms with Crippen LogP contribution in [-0.4, -0.2) is 12.3 Å². The monoisotopic (exact) mass is 282 g/mol. The smallest absolute Gasteiger partial charge is 0.425 e. The summed E-state index contributed by atoms with van der Waals surface area (Å²) in [5, 5.41) is 0.757. The van der Waals surface area contributed by atoms with Gasteiger partial charge in [0, 0.05) is 16.5 Å². The molecular formula is C11H7Cl2F3O. The first-order valence-corrected chi connectivity index (χ1v) is 5.49. The Morgan fingerprint density at radius 3 is 2.18 bits per heavy atom. The maximum absolute atomic E-state index is 12.4. The van der Waals surface area contributed by atoms with Crippen molar-refractivity contribution in [1.82, 2.24) is 0 Å². The lowest BCUT2D eigenvalue weighted by Gasteiger charge is -2.14. The van der Waals surface area contributed by atoms with E-state index in [4.69, 9.17) is 23.2 Å². The Hall–Kier alpha value is -0.870. The van der Waals surface area contributed by atoms with Crippen LogP contribution in [0, 0.1) is 0 Å². The highest BCUT2D eigenvalue weighted by Gasteiger charge is 2.44. The number of alkyl halides is 3. The Morgan fingerprint density at radius 1 is 1.12 bits per heavy atom. The largest absolute Gasteiger partial charge is 0.488 e. The Kier molecular flexibility index (Phi) is 3.27. The second-order valence-corrected chi connectivity index (χ2v) is 4.54. The average molecular weight is 283 g/mol. The van der Waals surface area contributed by atoms with Gasteiger partial charge in [0.05, 0.1) is 6.26 Å². The third-order valence-electron chi connectivity index (χ3n) is 2.38. The summed E-state index contributed by atoms with van der Waals surface area (Å²) < 4.78 is 41.8. The van der Waals surface area contributed by atoms with Crippen molar-refractivity contribution in [1.29, 1.82) is 0 Å². The predicted molar refractivity (Wildman–Crippen MR) is 60.0 cm³/mol. The van der Waals surface area contributed by atoms with Crippen LogP contribution in [0.5, 0.6) is 0 Å². The van der Waals surface area contributed by atoms with Gasteiger partial charge in [0.15, 0.2) is 6.10 Å². The molecule has 1 aliphatic rings. The van der Waals surface area contributed by atoms with Gasteiger partial charge in [0.2, 0.25) is 0 Å². The standard InChI is InChI=1S/C11H7Cl2F3O/c12-8-1-6(2-9(13)4-8)7-3-10(17-5-7)11(14,15)16/h1-2,4-5,10H,3H2. The summed E-state index contributed by atoms with van der Waals surface area (Å²) in [4.78, 5) is 0. The van der Waals surface area contributed by atoms with Crippen molar-refractivity contribution in [2.45, 2.75) is 18.7 Å². The SMILES string of the molecule is FC(F)(F)C1CC(c2cc(Cl)cc(Cl)c2)=CO1. The van der Waals surface area contributed by atoms with Crippen molar-refractivity contribution in [3.05, 3.63) is 40.1 Å². The number of hydrogen-bond donors (Lipinski definition) is 0. The minimum Gasteiger partial charge on any atom is -0.488 e. The highest BCUT2D eigenvalue weighted by atomic mass is 35.5. The van der Waals surface area contributed by atoms with Gasteiger partial charge in [0.25, 0.3) is 0 Å². The quantitative estimate of drug-likeness (QED) is 0.726. The van der Waals surface area contributed by atoms with E-state index in [2.05, 4.69) is 4.74 Å². The van der Waals surface area contributed by atoms with E-state index in [1.54, 1.807) is 12.1 Å². The van der Waals surface area contributed by atoms with Gasteiger partial charge in [0.1, 0.15) is 0 Å². The van der Waals surface area contributed by atoms with Crippen LogP contribution in [0.3, 0.4) is 0 Å². The van der Waals surface area contributed by atoms with Crippen LogP contribution in [0.2, 0.25) is 10.0 Å². The molecule has 0 radical (unpaired) electrons. The molecule has 0 saturated heterocycles. The zero-order valence-electron chi connectivity index (χ0n) is 8.39. The normalized spacial score (nSPS) is 20.1. The molecule has 0 aliphatic carbocycles. The minimum atomic E-state index is -4.36. The molecule has 0 fully saturated rings. The van der Waals surface area contributed by atoms with Gasteiger partial charge in [-0.2, -0.15) is 13.2 Å². The number of hydrogen-bond acceptors (Lipinski definition) is 1. The van der Waals surface area contributed by atoms with Crippen LogP contribution >= 0.6 is 23.2 Å². The predicted octanol–water partition coefficient (Wildman–Crippen LogP) is 4.69. The summed E-state index contributed by atoms with van der Waals surface area (Å²) in [5.41, 5.74) is 0.992. The molecule has 0 N–H and O–H groups in total. The Balaban J connectivity index is 2.21. The zero-order valence-corrected chi connectivity index (χ0v) is 9.90.